The number of nitrogens with zero attached hydrogens (tertiary/aromatic N) is 1. The molecule has 0 aromatic rings. The third-order valence-corrected chi connectivity index (χ3v) is 2.55. The molecule has 1 N–H and O–H groups in total. The summed E-state index contributed by atoms with van der Waals surface area (Å²) in [5, 5.41) is 2.75. The molecule has 0 radical (unpaired) electrons. The number of rotatable bonds is 3. The summed E-state index contributed by atoms with van der Waals surface area (Å²) in [5.41, 5.74) is 0. The Morgan fingerprint density at radius 2 is 2.12 bits per heavy atom. The van der Waals surface area contributed by atoms with E-state index in [0.29, 0.717) is 13.0 Å². The van der Waals surface area contributed by atoms with Gasteiger partial charge in [-0.2, -0.15) is 13.2 Å². The average molecular weight is 238 g/mol. The van der Waals surface area contributed by atoms with Gasteiger partial charge in [-0.3, -0.25) is 9.69 Å². The molecule has 1 heterocycles. The Morgan fingerprint density at radius 3 is 2.62 bits per heavy atom. The van der Waals surface area contributed by atoms with Gasteiger partial charge in [-0.25, -0.2) is 0 Å². The lowest BCUT2D eigenvalue weighted by molar-refractivity contribution is -0.143. The minimum atomic E-state index is -4.16. The van der Waals surface area contributed by atoms with Crippen molar-refractivity contribution in [2.24, 2.45) is 5.92 Å². The zero-order valence-corrected chi connectivity index (χ0v) is 9.47. The van der Waals surface area contributed by atoms with Crippen molar-refractivity contribution in [2.45, 2.75) is 32.5 Å². The average Bonchev–Trinajstić information content (AvgIpc) is 2.49. The molecule has 0 bridgehead atoms. The predicted molar refractivity (Wildman–Crippen MR) is 53.9 cm³/mol. The van der Waals surface area contributed by atoms with E-state index in [1.54, 1.807) is 13.8 Å². The molecule has 1 amide bonds. The number of nitrogens with one attached hydrogen (secondary N) is 1. The summed E-state index contributed by atoms with van der Waals surface area (Å²) < 4.78 is 36.3. The maximum atomic E-state index is 12.1. The standard InChI is InChI=1S/C10H17F3N2O/c1-7(2)9(16)14-8-3-4-15(5-8)6-10(11,12)13/h7-8H,3-6H2,1-2H3,(H,14,16)/t8-/m1/s1. The van der Waals surface area contributed by atoms with Gasteiger partial charge < -0.3 is 5.32 Å². The van der Waals surface area contributed by atoms with Crippen molar-refractivity contribution in [2.75, 3.05) is 19.6 Å². The molecule has 1 aliphatic heterocycles. The van der Waals surface area contributed by atoms with Gasteiger partial charge in [0.15, 0.2) is 0 Å². The number of hydrogen-bond donors (Lipinski definition) is 1. The van der Waals surface area contributed by atoms with Crippen LogP contribution in [0.15, 0.2) is 0 Å². The van der Waals surface area contributed by atoms with E-state index < -0.39 is 12.7 Å². The molecule has 6 heteroatoms. The molecule has 1 saturated heterocycles. The molecule has 0 unspecified atom stereocenters. The van der Waals surface area contributed by atoms with E-state index in [0.717, 1.165) is 0 Å². The second-order valence-electron chi connectivity index (χ2n) is 4.50. The SMILES string of the molecule is CC(C)C(=O)N[C@@H]1CCN(CC(F)(F)F)C1. The van der Waals surface area contributed by atoms with Crippen molar-refractivity contribution in [3.8, 4) is 0 Å². The van der Waals surface area contributed by atoms with Crippen LogP contribution < -0.4 is 5.32 Å². The molecule has 0 aliphatic carbocycles. The lowest BCUT2D eigenvalue weighted by atomic mass is 10.2. The van der Waals surface area contributed by atoms with Crippen molar-refractivity contribution < 1.29 is 18.0 Å². The minimum absolute atomic E-state index is 0.0983. The first-order valence-electron chi connectivity index (χ1n) is 5.37. The first-order chi connectivity index (χ1) is 7.28. The second-order valence-corrected chi connectivity index (χ2v) is 4.50. The van der Waals surface area contributed by atoms with Crippen LogP contribution >= 0.6 is 0 Å². The molecular formula is C10H17F3N2O. The first kappa shape index (κ1) is 13.3. The van der Waals surface area contributed by atoms with Crippen LogP contribution in [-0.2, 0) is 4.79 Å². The van der Waals surface area contributed by atoms with Crippen molar-refractivity contribution in [1.82, 2.24) is 10.2 Å². The fraction of sp³-hybridized carbons (Fsp3) is 0.900. The Balaban J connectivity index is 2.33. The van der Waals surface area contributed by atoms with Gasteiger partial charge in [0.25, 0.3) is 0 Å². The number of hydrogen-bond acceptors (Lipinski definition) is 2. The van der Waals surface area contributed by atoms with E-state index in [1.165, 1.54) is 4.90 Å². The van der Waals surface area contributed by atoms with Gasteiger partial charge in [0.2, 0.25) is 5.91 Å². The summed E-state index contributed by atoms with van der Waals surface area (Å²) in [4.78, 5) is 12.7. The number of halogens is 3. The van der Waals surface area contributed by atoms with Gasteiger partial charge in [-0.05, 0) is 6.42 Å². The number of alkyl halides is 3. The van der Waals surface area contributed by atoms with E-state index in [4.69, 9.17) is 0 Å². The van der Waals surface area contributed by atoms with Gasteiger partial charge in [0.1, 0.15) is 0 Å². The molecule has 16 heavy (non-hydrogen) atoms. The van der Waals surface area contributed by atoms with Gasteiger partial charge in [-0.1, -0.05) is 13.8 Å². The van der Waals surface area contributed by atoms with E-state index in [9.17, 15) is 18.0 Å². The summed E-state index contributed by atoms with van der Waals surface area (Å²) in [6.07, 6.45) is -3.56. The first-order valence-corrected chi connectivity index (χ1v) is 5.37. The highest BCUT2D eigenvalue weighted by atomic mass is 19.4. The zero-order chi connectivity index (χ0) is 12.3. The largest absolute Gasteiger partial charge is 0.401 e. The Labute approximate surface area is 93.0 Å². The fourth-order valence-corrected chi connectivity index (χ4v) is 1.72. The molecule has 0 saturated carbocycles. The molecule has 1 aliphatic rings. The second kappa shape index (κ2) is 5.03. The third-order valence-electron chi connectivity index (χ3n) is 2.55. The zero-order valence-electron chi connectivity index (χ0n) is 9.47. The van der Waals surface area contributed by atoms with Crippen molar-refractivity contribution in [3.05, 3.63) is 0 Å². The lowest BCUT2D eigenvalue weighted by Crippen LogP contribution is -2.40. The van der Waals surface area contributed by atoms with Crippen LogP contribution in [0.2, 0.25) is 0 Å². The number of carbonyl (C=O) groups is 1. The minimum Gasteiger partial charge on any atom is -0.352 e. The summed E-state index contributed by atoms with van der Waals surface area (Å²) in [5.74, 6) is -0.226. The van der Waals surface area contributed by atoms with Crippen LogP contribution in [-0.4, -0.2) is 42.7 Å². The topological polar surface area (TPSA) is 32.3 Å². The van der Waals surface area contributed by atoms with Crippen molar-refractivity contribution in [1.29, 1.82) is 0 Å². The number of likely N-dealkylation sites (tertiary alicyclic amines) is 1. The maximum Gasteiger partial charge on any atom is 0.401 e. The van der Waals surface area contributed by atoms with Crippen LogP contribution in [0, 0.1) is 5.92 Å². The van der Waals surface area contributed by atoms with Crippen LogP contribution in [0.5, 0.6) is 0 Å². The van der Waals surface area contributed by atoms with Crippen molar-refractivity contribution in [3.63, 3.8) is 0 Å². The fourth-order valence-electron chi connectivity index (χ4n) is 1.72. The van der Waals surface area contributed by atoms with Crippen LogP contribution in [0.4, 0.5) is 13.2 Å². The van der Waals surface area contributed by atoms with E-state index in [1.807, 2.05) is 0 Å². The third kappa shape index (κ3) is 4.38. The molecule has 1 atom stereocenters. The summed E-state index contributed by atoms with van der Waals surface area (Å²) in [6.45, 7) is 3.32. The summed E-state index contributed by atoms with van der Waals surface area (Å²) in [6, 6.07) is -0.141. The predicted octanol–water partition coefficient (Wildman–Crippen LogP) is 1.40. The Kier molecular flexibility index (Phi) is 4.18. The molecule has 0 aromatic carbocycles. The summed E-state index contributed by atoms with van der Waals surface area (Å²) >= 11 is 0. The van der Waals surface area contributed by atoms with E-state index in [-0.39, 0.29) is 24.4 Å². The van der Waals surface area contributed by atoms with Gasteiger partial charge in [0, 0.05) is 25.0 Å². The molecule has 3 nitrogen and oxygen atoms in total. The van der Waals surface area contributed by atoms with E-state index >= 15 is 0 Å². The van der Waals surface area contributed by atoms with E-state index in [2.05, 4.69) is 5.32 Å². The van der Waals surface area contributed by atoms with Gasteiger partial charge in [0.05, 0.1) is 6.54 Å². The smallest absolute Gasteiger partial charge is 0.352 e. The summed E-state index contributed by atoms with van der Waals surface area (Å²) in [7, 11) is 0. The molecule has 0 aromatic heterocycles. The lowest BCUT2D eigenvalue weighted by Gasteiger charge is -2.18. The van der Waals surface area contributed by atoms with Crippen LogP contribution in [0.1, 0.15) is 20.3 Å². The van der Waals surface area contributed by atoms with Gasteiger partial charge in [-0.15, -0.1) is 0 Å². The molecule has 1 rings (SSSR count). The molecule has 0 spiro atoms. The van der Waals surface area contributed by atoms with Crippen molar-refractivity contribution >= 4 is 5.91 Å². The highest BCUT2D eigenvalue weighted by molar-refractivity contribution is 5.78. The molecular weight excluding hydrogens is 221 g/mol. The van der Waals surface area contributed by atoms with Crippen LogP contribution in [0.25, 0.3) is 0 Å². The quantitative estimate of drug-likeness (QED) is 0.806. The Morgan fingerprint density at radius 1 is 1.50 bits per heavy atom. The highest BCUT2D eigenvalue weighted by Gasteiger charge is 2.34. The highest BCUT2D eigenvalue weighted by Crippen LogP contribution is 2.20. The van der Waals surface area contributed by atoms with Crippen LogP contribution in [0.3, 0.4) is 0 Å². The Hall–Kier alpha value is -0.780. The Bertz CT molecular complexity index is 253. The number of carbonyl (C=O) groups excluding carboxylic acids is 1. The van der Waals surface area contributed by atoms with Gasteiger partial charge >= 0.3 is 6.18 Å². The normalized spacial score (nSPS) is 22.8. The number of amides is 1. The monoisotopic (exact) mass is 238 g/mol. The molecule has 94 valence electrons. The molecule has 1 fully saturated rings. The maximum absolute atomic E-state index is 12.1.